The van der Waals surface area contributed by atoms with Crippen molar-refractivity contribution in [2.75, 3.05) is 11.9 Å². The Bertz CT molecular complexity index is 1160. The summed E-state index contributed by atoms with van der Waals surface area (Å²) in [4.78, 5) is 2.27. The van der Waals surface area contributed by atoms with Gasteiger partial charge >= 0.3 is 0 Å². The predicted molar refractivity (Wildman–Crippen MR) is 109 cm³/mol. The fourth-order valence-corrected chi connectivity index (χ4v) is 3.92. The van der Waals surface area contributed by atoms with Crippen molar-refractivity contribution >= 4 is 43.7 Å². The lowest BCUT2D eigenvalue weighted by atomic mass is 9.94. The van der Waals surface area contributed by atoms with Gasteiger partial charge in [-0.3, -0.25) is 0 Å². The Hall–Kier alpha value is -3.06. The number of benzene rings is 5. The molecule has 0 fully saturated rings. The quantitative estimate of drug-likeness (QED) is 0.329. The molecule has 0 saturated heterocycles. The van der Waals surface area contributed by atoms with Crippen LogP contribution in [0.1, 0.15) is 5.56 Å². The van der Waals surface area contributed by atoms with Crippen LogP contribution in [0.4, 0.5) is 11.4 Å². The summed E-state index contributed by atoms with van der Waals surface area (Å²) in [5.41, 5.74) is 3.71. The largest absolute Gasteiger partial charge is 0.345 e. The van der Waals surface area contributed by atoms with Gasteiger partial charge in [-0.05, 0) is 69.1 Å². The molecule has 5 aromatic carbocycles. The third-order valence-electron chi connectivity index (χ3n) is 5.22. The van der Waals surface area contributed by atoms with E-state index in [-0.39, 0.29) is 0 Å². The van der Waals surface area contributed by atoms with Crippen LogP contribution in [-0.2, 0) is 0 Å². The maximum absolute atomic E-state index is 2.30. The molecule has 25 heavy (non-hydrogen) atoms. The average molecular weight is 321 g/mol. The molecular formula is C24H19N. The summed E-state index contributed by atoms with van der Waals surface area (Å²) in [6.07, 6.45) is 0. The highest BCUT2D eigenvalue weighted by molar-refractivity contribution is 6.23. The number of anilines is 2. The van der Waals surface area contributed by atoms with Crippen molar-refractivity contribution in [2.45, 2.75) is 6.92 Å². The van der Waals surface area contributed by atoms with Gasteiger partial charge in [-0.25, -0.2) is 0 Å². The molecule has 1 heteroatoms. The minimum absolute atomic E-state index is 1.22. The SMILES string of the molecule is Cc1cccc(N(C)c2cc3ccc4cccc5ccc(c2)c3c45)c1. The molecule has 0 aromatic heterocycles. The van der Waals surface area contributed by atoms with E-state index < -0.39 is 0 Å². The van der Waals surface area contributed by atoms with Gasteiger partial charge in [0.1, 0.15) is 0 Å². The van der Waals surface area contributed by atoms with Crippen molar-refractivity contribution in [1.82, 2.24) is 0 Å². The van der Waals surface area contributed by atoms with Crippen molar-refractivity contribution in [3.8, 4) is 0 Å². The molecule has 0 heterocycles. The average Bonchev–Trinajstić information content (AvgIpc) is 2.65. The molecule has 120 valence electrons. The molecule has 5 rings (SSSR count). The smallest absolute Gasteiger partial charge is 0.0420 e. The monoisotopic (exact) mass is 321 g/mol. The van der Waals surface area contributed by atoms with Crippen molar-refractivity contribution < 1.29 is 0 Å². The van der Waals surface area contributed by atoms with Crippen LogP contribution in [0.15, 0.2) is 78.9 Å². The number of aryl methyl sites for hydroxylation is 1. The maximum atomic E-state index is 2.30. The van der Waals surface area contributed by atoms with E-state index in [1.807, 2.05) is 0 Å². The van der Waals surface area contributed by atoms with Crippen molar-refractivity contribution in [1.29, 1.82) is 0 Å². The Morgan fingerprint density at radius 2 is 1.12 bits per heavy atom. The van der Waals surface area contributed by atoms with Gasteiger partial charge in [0.15, 0.2) is 0 Å². The lowest BCUT2D eigenvalue weighted by molar-refractivity contribution is 1.21. The third kappa shape index (κ3) is 2.16. The highest BCUT2D eigenvalue weighted by Crippen LogP contribution is 2.37. The van der Waals surface area contributed by atoms with Crippen molar-refractivity contribution in [3.05, 3.63) is 84.4 Å². The van der Waals surface area contributed by atoms with Crippen LogP contribution in [0.5, 0.6) is 0 Å². The van der Waals surface area contributed by atoms with Gasteiger partial charge < -0.3 is 4.90 Å². The van der Waals surface area contributed by atoms with Gasteiger partial charge in [0, 0.05) is 18.4 Å². The zero-order chi connectivity index (χ0) is 17.0. The van der Waals surface area contributed by atoms with Crippen LogP contribution in [0.2, 0.25) is 0 Å². The number of nitrogens with zero attached hydrogens (tertiary/aromatic N) is 1. The van der Waals surface area contributed by atoms with Crippen LogP contribution in [0, 0.1) is 6.92 Å². The van der Waals surface area contributed by atoms with Gasteiger partial charge in [-0.2, -0.15) is 0 Å². The second-order valence-electron chi connectivity index (χ2n) is 6.88. The molecule has 0 atom stereocenters. The Labute approximate surface area is 147 Å². The topological polar surface area (TPSA) is 3.24 Å². The highest BCUT2D eigenvalue weighted by Gasteiger charge is 2.11. The van der Waals surface area contributed by atoms with E-state index in [2.05, 4.69) is 97.7 Å². The lowest BCUT2D eigenvalue weighted by Crippen LogP contribution is -2.09. The Morgan fingerprint density at radius 1 is 0.560 bits per heavy atom. The molecular weight excluding hydrogens is 302 g/mol. The van der Waals surface area contributed by atoms with Crippen molar-refractivity contribution in [2.24, 2.45) is 0 Å². The Kier molecular flexibility index (Phi) is 2.98. The molecule has 1 nitrogen and oxygen atoms in total. The van der Waals surface area contributed by atoms with Crippen molar-refractivity contribution in [3.63, 3.8) is 0 Å². The second-order valence-corrected chi connectivity index (χ2v) is 6.88. The first-order valence-corrected chi connectivity index (χ1v) is 8.69. The maximum Gasteiger partial charge on any atom is 0.0420 e. The Morgan fingerprint density at radius 3 is 1.76 bits per heavy atom. The first kappa shape index (κ1) is 14.3. The zero-order valence-corrected chi connectivity index (χ0v) is 14.5. The van der Waals surface area contributed by atoms with Gasteiger partial charge in [0.05, 0.1) is 0 Å². The minimum Gasteiger partial charge on any atom is -0.345 e. The van der Waals surface area contributed by atoms with E-state index >= 15 is 0 Å². The first-order valence-electron chi connectivity index (χ1n) is 8.69. The molecule has 0 aliphatic carbocycles. The van der Waals surface area contributed by atoms with E-state index in [4.69, 9.17) is 0 Å². The van der Waals surface area contributed by atoms with E-state index in [0.717, 1.165) is 0 Å². The Balaban J connectivity index is 1.78. The van der Waals surface area contributed by atoms with Gasteiger partial charge in [-0.1, -0.05) is 54.6 Å². The summed E-state index contributed by atoms with van der Waals surface area (Å²) in [5.74, 6) is 0. The molecule has 0 saturated carbocycles. The summed E-state index contributed by atoms with van der Waals surface area (Å²) in [7, 11) is 2.14. The second kappa shape index (κ2) is 5.22. The van der Waals surface area contributed by atoms with Gasteiger partial charge in [-0.15, -0.1) is 0 Å². The number of rotatable bonds is 2. The predicted octanol–water partition coefficient (Wildman–Crippen LogP) is 6.66. The van der Waals surface area contributed by atoms with Gasteiger partial charge in [0.2, 0.25) is 0 Å². The van der Waals surface area contributed by atoms with Gasteiger partial charge in [0.25, 0.3) is 0 Å². The van der Waals surface area contributed by atoms with E-state index in [1.165, 1.54) is 49.3 Å². The lowest BCUT2D eigenvalue weighted by Gasteiger charge is -2.22. The summed E-state index contributed by atoms with van der Waals surface area (Å²) >= 11 is 0. The zero-order valence-electron chi connectivity index (χ0n) is 14.5. The fourth-order valence-electron chi connectivity index (χ4n) is 3.92. The fraction of sp³-hybridized carbons (Fsp3) is 0.0833. The standard InChI is InChI=1S/C24H19N/c1-16-5-3-8-21(13-16)25(2)22-14-19-11-9-17-6-4-7-18-10-12-20(15-22)24(19)23(17)18/h3-15H,1-2H3. The third-order valence-corrected chi connectivity index (χ3v) is 5.22. The normalized spacial score (nSPS) is 11.6. The minimum atomic E-state index is 1.22. The summed E-state index contributed by atoms with van der Waals surface area (Å²) < 4.78 is 0. The van der Waals surface area contributed by atoms with E-state index in [9.17, 15) is 0 Å². The number of hydrogen-bond donors (Lipinski definition) is 0. The van der Waals surface area contributed by atoms with Crippen LogP contribution < -0.4 is 4.90 Å². The number of hydrogen-bond acceptors (Lipinski definition) is 1. The molecule has 0 N–H and O–H groups in total. The molecule has 0 spiro atoms. The van der Waals surface area contributed by atoms with Crippen LogP contribution in [-0.4, -0.2) is 7.05 Å². The summed E-state index contributed by atoms with van der Waals surface area (Å²) in [6, 6.07) is 28.8. The summed E-state index contributed by atoms with van der Waals surface area (Å²) in [6.45, 7) is 2.14. The molecule has 0 aliphatic rings. The van der Waals surface area contributed by atoms with Crippen LogP contribution >= 0.6 is 0 Å². The molecule has 5 aromatic rings. The molecule has 0 aliphatic heterocycles. The molecule has 0 radical (unpaired) electrons. The molecule has 0 unspecified atom stereocenters. The van der Waals surface area contributed by atoms with Crippen LogP contribution in [0.25, 0.3) is 32.3 Å². The van der Waals surface area contributed by atoms with E-state index in [1.54, 1.807) is 0 Å². The van der Waals surface area contributed by atoms with Crippen LogP contribution in [0.3, 0.4) is 0 Å². The molecule has 0 bridgehead atoms. The molecule has 0 amide bonds. The summed E-state index contributed by atoms with van der Waals surface area (Å²) in [5, 5.41) is 7.98. The first-order chi connectivity index (χ1) is 12.2. The highest BCUT2D eigenvalue weighted by atomic mass is 15.1. The van der Waals surface area contributed by atoms with E-state index in [0.29, 0.717) is 0 Å².